The minimum Gasteiger partial charge on any atom is -0.445 e. The monoisotopic (exact) mass is 179 g/mol. The Morgan fingerprint density at radius 2 is 2.62 bits per heavy atom. The van der Waals surface area contributed by atoms with Crippen molar-refractivity contribution in [2.75, 3.05) is 0 Å². The van der Waals surface area contributed by atoms with Crippen molar-refractivity contribution in [3.05, 3.63) is 16.8 Å². The summed E-state index contributed by atoms with van der Waals surface area (Å²) < 4.78 is 16.7. The van der Waals surface area contributed by atoms with Crippen molar-refractivity contribution in [3.63, 3.8) is 0 Å². The number of nitrogens with zero attached hydrogens (tertiary/aromatic N) is 1. The van der Waals surface area contributed by atoms with Crippen LogP contribution in [0.15, 0.2) is 15.3 Å². The summed E-state index contributed by atoms with van der Waals surface area (Å²) in [5, 5.41) is 0. The summed E-state index contributed by atoms with van der Waals surface area (Å²) in [6, 6.07) is 0. The van der Waals surface area contributed by atoms with E-state index in [4.69, 9.17) is 0 Å². The Hall–Kier alpha value is -0.380. The van der Waals surface area contributed by atoms with Crippen LogP contribution < -0.4 is 0 Å². The van der Waals surface area contributed by atoms with Crippen LogP contribution in [0.25, 0.3) is 0 Å². The maximum absolute atomic E-state index is 11.6. The summed E-state index contributed by atoms with van der Waals surface area (Å²) in [6.07, 6.45) is 1.34. The van der Waals surface area contributed by atoms with Crippen molar-refractivity contribution in [1.82, 2.24) is 4.98 Å². The van der Waals surface area contributed by atoms with Gasteiger partial charge in [0.25, 0.3) is 0 Å². The quantitative estimate of drug-likeness (QED) is 0.659. The predicted molar refractivity (Wildman–Crippen MR) is 29.0 cm³/mol. The zero-order chi connectivity index (χ0) is 5.98. The van der Waals surface area contributed by atoms with Gasteiger partial charge in [-0.2, -0.15) is 0 Å². The molecule has 0 saturated carbocycles. The Labute approximate surface area is 53.8 Å². The third-order valence-electron chi connectivity index (χ3n) is 0.638. The lowest BCUT2D eigenvalue weighted by atomic mass is 10.8. The van der Waals surface area contributed by atoms with Crippen molar-refractivity contribution in [3.8, 4) is 0 Å². The molecule has 1 heterocycles. The standard InChI is InChI=1S/C4H3BrFNO/c5-3-2-8-4(1-6)7-3/h2H,1H2. The molecule has 0 spiro atoms. The summed E-state index contributed by atoms with van der Waals surface area (Å²) in [6.45, 7) is -0.647. The fourth-order valence-electron chi connectivity index (χ4n) is 0.350. The van der Waals surface area contributed by atoms with Gasteiger partial charge in [0.1, 0.15) is 10.9 Å². The van der Waals surface area contributed by atoms with Gasteiger partial charge in [-0.15, -0.1) is 0 Å². The molecule has 0 atom stereocenters. The molecule has 0 aliphatic heterocycles. The van der Waals surface area contributed by atoms with E-state index in [0.717, 1.165) is 0 Å². The lowest BCUT2D eigenvalue weighted by Crippen LogP contribution is -1.73. The SMILES string of the molecule is FCc1nc(Br)co1. The van der Waals surface area contributed by atoms with Gasteiger partial charge in [0.15, 0.2) is 6.67 Å². The number of rotatable bonds is 1. The number of halogens is 2. The smallest absolute Gasteiger partial charge is 0.226 e. The van der Waals surface area contributed by atoms with Crippen LogP contribution in [0.5, 0.6) is 0 Å². The summed E-state index contributed by atoms with van der Waals surface area (Å²) in [5.41, 5.74) is 0. The zero-order valence-corrected chi connectivity index (χ0v) is 5.48. The molecular weight excluding hydrogens is 177 g/mol. The molecule has 0 fully saturated rings. The molecule has 44 valence electrons. The molecule has 2 nitrogen and oxygen atoms in total. The van der Waals surface area contributed by atoms with E-state index in [0.29, 0.717) is 4.60 Å². The Balaban J connectivity index is 2.84. The van der Waals surface area contributed by atoms with E-state index in [1.54, 1.807) is 0 Å². The number of alkyl halides is 1. The average Bonchev–Trinajstić information content (AvgIpc) is 2.14. The fraction of sp³-hybridized carbons (Fsp3) is 0.250. The van der Waals surface area contributed by atoms with Gasteiger partial charge in [0.2, 0.25) is 5.89 Å². The largest absolute Gasteiger partial charge is 0.445 e. The van der Waals surface area contributed by atoms with Crippen molar-refractivity contribution >= 4 is 15.9 Å². The van der Waals surface area contributed by atoms with Crippen molar-refractivity contribution < 1.29 is 8.81 Å². The molecule has 1 aromatic rings. The average molecular weight is 180 g/mol. The highest BCUT2D eigenvalue weighted by molar-refractivity contribution is 9.10. The molecule has 1 rings (SSSR count). The molecule has 0 saturated heterocycles. The topological polar surface area (TPSA) is 26.0 Å². The molecule has 0 bridgehead atoms. The molecule has 0 radical (unpaired) electrons. The lowest BCUT2D eigenvalue weighted by molar-refractivity contribution is 0.380. The minimum absolute atomic E-state index is 0.108. The van der Waals surface area contributed by atoms with Gasteiger partial charge < -0.3 is 4.42 Å². The molecule has 0 unspecified atom stereocenters. The van der Waals surface area contributed by atoms with Gasteiger partial charge in [-0.1, -0.05) is 0 Å². The van der Waals surface area contributed by atoms with E-state index < -0.39 is 6.67 Å². The second-order valence-electron chi connectivity index (χ2n) is 1.20. The van der Waals surface area contributed by atoms with E-state index in [9.17, 15) is 4.39 Å². The van der Waals surface area contributed by atoms with Gasteiger partial charge in [-0.05, 0) is 15.9 Å². The second kappa shape index (κ2) is 2.26. The molecule has 0 aromatic carbocycles. The summed E-state index contributed by atoms with van der Waals surface area (Å²) >= 11 is 3.00. The Morgan fingerprint density at radius 1 is 1.88 bits per heavy atom. The lowest BCUT2D eigenvalue weighted by Gasteiger charge is -1.75. The Bertz CT molecular complexity index is 176. The molecule has 0 amide bonds. The van der Waals surface area contributed by atoms with Crippen molar-refractivity contribution in [2.45, 2.75) is 6.67 Å². The van der Waals surface area contributed by atoms with Gasteiger partial charge >= 0.3 is 0 Å². The first-order valence-corrected chi connectivity index (χ1v) is 2.78. The first-order valence-electron chi connectivity index (χ1n) is 1.99. The van der Waals surface area contributed by atoms with Crippen LogP contribution in [0.1, 0.15) is 5.89 Å². The first kappa shape index (κ1) is 5.75. The molecular formula is C4H3BrFNO. The second-order valence-corrected chi connectivity index (χ2v) is 2.01. The molecule has 4 heteroatoms. The highest BCUT2D eigenvalue weighted by Crippen LogP contribution is 2.08. The summed E-state index contributed by atoms with van der Waals surface area (Å²) in [5.74, 6) is 0.108. The van der Waals surface area contributed by atoms with Crippen LogP contribution >= 0.6 is 15.9 Å². The Morgan fingerprint density at radius 3 is 2.88 bits per heavy atom. The van der Waals surface area contributed by atoms with Crippen LogP contribution in [-0.2, 0) is 6.67 Å². The highest BCUT2D eigenvalue weighted by atomic mass is 79.9. The van der Waals surface area contributed by atoms with E-state index in [1.165, 1.54) is 6.26 Å². The number of hydrogen-bond donors (Lipinski definition) is 0. The fourth-order valence-corrected chi connectivity index (χ4v) is 0.641. The Kier molecular flexibility index (Phi) is 1.62. The van der Waals surface area contributed by atoms with Crippen LogP contribution in [0.3, 0.4) is 0 Å². The third-order valence-corrected chi connectivity index (χ3v) is 1.00. The summed E-state index contributed by atoms with van der Waals surface area (Å²) in [7, 11) is 0. The minimum atomic E-state index is -0.647. The highest BCUT2D eigenvalue weighted by Gasteiger charge is 1.97. The van der Waals surface area contributed by atoms with E-state index >= 15 is 0 Å². The molecule has 0 N–H and O–H groups in total. The van der Waals surface area contributed by atoms with E-state index in [-0.39, 0.29) is 5.89 Å². The molecule has 0 aliphatic carbocycles. The van der Waals surface area contributed by atoms with Crippen LogP contribution in [0.2, 0.25) is 0 Å². The maximum atomic E-state index is 11.6. The normalized spacial score (nSPS) is 9.75. The van der Waals surface area contributed by atoms with Gasteiger partial charge in [-0.25, -0.2) is 9.37 Å². The van der Waals surface area contributed by atoms with Gasteiger partial charge in [0.05, 0.1) is 0 Å². The van der Waals surface area contributed by atoms with Crippen LogP contribution in [-0.4, -0.2) is 4.98 Å². The molecule has 8 heavy (non-hydrogen) atoms. The van der Waals surface area contributed by atoms with Crippen molar-refractivity contribution in [2.24, 2.45) is 0 Å². The maximum Gasteiger partial charge on any atom is 0.226 e. The number of oxazole rings is 1. The van der Waals surface area contributed by atoms with Crippen molar-refractivity contribution in [1.29, 1.82) is 0 Å². The predicted octanol–water partition coefficient (Wildman–Crippen LogP) is 1.91. The third kappa shape index (κ3) is 1.06. The molecule has 0 aliphatic rings. The van der Waals surface area contributed by atoms with E-state index in [2.05, 4.69) is 25.3 Å². The van der Waals surface area contributed by atoms with Crippen LogP contribution in [0.4, 0.5) is 4.39 Å². The van der Waals surface area contributed by atoms with Crippen LogP contribution in [0, 0.1) is 0 Å². The van der Waals surface area contributed by atoms with Gasteiger partial charge in [-0.3, -0.25) is 0 Å². The number of hydrogen-bond acceptors (Lipinski definition) is 2. The summed E-state index contributed by atoms with van der Waals surface area (Å²) in [4.78, 5) is 3.60. The number of aromatic nitrogens is 1. The van der Waals surface area contributed by atoms with E-state index in [1.807, 2.05) is 0 Å². The van der Waals surface area contributed by atoms with Gasteiger partial charge in [0, 0.05) is 0 Å². The zero-order valence-electron chi connectivity index (χ0n) is 3.90. The molecule has 1 aromatic heterocycles. The first-order chi connectivity index (χ1) is 3.83.